The molecule has 150 valence electrons. The van der Waals surface area contributed by atoms with E-state index >= 15 is 0 Å². The Morgan fingerprint density at radius 3 is 2.69 bits per heavy atom. The van der Waals surface area contributed by atoms with Crippen LogP contribution in [-0.2, 0) is 19.4 Å². The summed E-state index contributed by atoms with van der Waals surface area (Å²) < 4.78 is 0. The highest BCUT2D eigenvalue weighted by Gasteiger charge is 2.39. The summed E-state index contributed by atoms with van der Waals surface area (Å²) in [6.45, 7) is 2.63. The molecule has 2 aromatic rings. The number of aliphatic imine (C=N–C) groups is 2. The minimum Gasteiger partial charge on any atom is -0.392 e. The molecular formula is C22H25N5O2. The highest BCUT2D eigenvalue weighted by molar-refractivity contribution is 6.17. The van der Waals surface area contributed by atoms with Gasteiger partial charge in [-0.3, -0.25) is 9.80 Å². The lowest BCUT2D eigenvalue weighted by atomic mass is 10.1. The van der Waals surface area contributed by atoms with Crippen molar-refractivity contribution in [2.75, 3.05) is 18.9 Å². The van der Waals surface area contributed by atoms with Crippen LogP contribution in [0, 0.1) is 0 Å². The molecule has 2 aliphatic rings. The van der Waals surface area contributed by atoms with Crippen LogP contribution >= 0.6 is 0 Å². The van der Waals surface area contributed by atoms with Crippen LogP contribution in [-0.4, -0.2) is 52.5 Å². The molecule has 0 saturated carbocycles. The maximum atomic E-state index is 12.4. The van der Waals surface area contributed by atoms with Crippen LogP contribution in [0.1, 0.15) is 23.6 Å². The monoisotopic (exact) mass is 391 g/mol. The Morgan fingerprint density at radius 2 is 1.97 bits per heavy atom. The van der Waals surface area contributed by atoms with Gasteiger partial charge in [-0.25, -0.2) is 9.79 Å². The van der Waals surface area contributed by atoms with Gasteiger partial charge in [0, 0.05) is 12.7 Å². The van der Waals surface area contributed by atoms with Crippen LogP contribution in [0.5, 0.6) is 0 Å². The van der Waals surface area contributed by atoms with Crippen molar-refractivity contribution in [3.8, 4) is 0 Å². The van der Waals surface area contributed by atoms with Crippen molar-refractivity contribution in [1.29, 1.82) is 0 Å². The Morgan fingerprint density at radius 1 is 1.17 bits per heavy atom. The molecular weight excluding hydrogens is 366 g/mol. The second-order valence-electron chi connectivity index (χ2n) is 7.26. The summed E-state index contributed by atoms with van der Waals surface area (Å²) in [7, 11) is 1.70. The highest BCUT2D eigenvalue weighted by atomic mass is 16.3. The Balaban J connectivity index is 1.67. The number of hydrogen-bond acceptors (Lipinski definition) is 5. The van der Waals surface area contributed by atoms with Crippen LogP contribution in [0.3, 0.4) is 0 Å². The van der Waals surface area contributed by atoms with E-state index in [1.165, 1.54) is 10.5 Å². The Labute approximate surface area is 170 Å². The van der Waals surface area contributed by atoms with Gasteiger partial charge in [0.1, 0.15) is 0 Å². The second kappa shape index (κ2) is 8.05. The fourth-order valence-electron chi connectivity index (χ4n) is 3.75. The molecule has 7 heteroatoms. The van der Waals surface area contributed by atoms with E-state index in [-0.39, 0.29) is 18.7 Å². The van der Waals surface area contributed by atoms with Crippen molar-refractivity contribution >= 4 is 23.6 Å². The molecule has 1 unspecified atom stereocenters. The summed E-state index contributed by atoms with van der Waals surface area (Å²) >= 11 is 0. The first kappa shape index (κ1) is 19.1. The number of aliphatic hydroxyl groups is 1. The zero-order valence-corrected chi connectivity index (χ0v) is 16.7. The molecule has 7 nitrogen and oxygen atoms in total. The number of anilines is 1. The molecule has 2 N–H and O–H groups in total. The summed E-state index contributed by atoms with van der Waals surface area (Å²) in [5.74, 6) is 1.10. The summed E-state index contributed by atoms with van der Waals surface area (Å²) in [5, 5.41) is 12.9. The number of guanidine groups is 2. The first-order valence-corrected chi connectivity index (χ1v) is 9.84. The molecule has 2 aliphatic heterocycles. The minimum atomic E-state index is -0.348. The third kappa shape index (κ3) is 3.73. The molecule has 0 saturated heterocycles. The first-order valence-electron chi connectivity index (χ1n) is 9.84. The second-order valence-corrected chi connectivity index (χ2v) is 7.26. The van der Waals surface area contributed by atoms with Gasteiger partial charge in [-0.15, -0.1) is 0 Å². The molecule has 2 amide bonds. The minimum absolute atomic E-state index is 0.0418. The number of nitrogens with zero attached hydrogens (tertiary/aromatic N) is 4. The zero-order valence-electron chi connectivity index (χ0n) is 16.7. The van der Waals surface area contributed by atoms with Crippen molar-refractivity contribution in [3.63, 3.8) is 0 Å². The first-order chi connectivity index (χ1) is 14.1. The van der Waals surface area contributed by atoms with Gasteiger partial charge >= 0.3 is 6.03 Å². The fourth-order valence-corrected chi connectivity index (χ4v) is 3.75. The van der Waals surface area contributed by atoms with Crippen molar-refractivity contribution in [1.82, 2.24) is 9.80 Å². The number of aliphatic hydroxyl groups excluding tert-OH is 1. The summed E-state index contributed by atoms with van der Waals surface area (Å²) in [6.07, 6.45) is 1.62. The van der Waals surface area contributed by atoms with Crippen LogP contribution < -0.4 is 5.32 Å². The number of amides is 2. The zero-order chi connectivity index (χ0) is 20.4. The van der Waals surface area contributed by atoms with Crippen molar-refractivity contribution in [2.45, 2.75) is 32.4 Å². The average molecular weight is 391 g/mol. The van der Waals surface area contributed by atoms with E-state index in [2.05, 4.69) is 34.4 Å². The number of urea groups is 1. The number of aryl methyl sites for hydroxylation is 1. The van der Waals surface area contributed by atoms with Crippen molar-refractivity contribution in [3.05, 3.63) is 65.2 Å². The van der Waals surface area contributed by atoms with Crippen LogP contribution in [0.25, 0.3) is 0 Å². The number of rotatable bonds is 5. The Bertz CT molecular complexity index is 970. The molecule has 1 atom stereocenters. The molecule has 2 aromatic carbocycles. The van der Waals surface area contributed by atoms with Crippen molar-refractivity contribution in [2.24, 2.45) is 9.98 Å². The Kier molecular flexibility index (Phi) is 5.31. The van der Waals surface area contributed by atoms with Gasteiger partial charge in [-0.05, 0) is 35.6 Å². The lowest BCUT2D eigenvalue weighted by Gasteiger charge is -2.35. The van der Waals surface area contributed by atoms with Crippen molar-refractivity contribution < 1.29 is 9.90 Å². The van der Waals surface area contributed by atoms with Gasteiger partial charge in [0.2, 0.25) is 11.9 Å². The summed E-state index contributed by atoms with van der Waals surface area (Å²) in [4.78, 5) is 24.9. The summed E-state index contributed by atoms with van der Waals surface area (Å²) in [5.41, 5.74) is 3.96. The van der Waals surface area contributed by atoms with Crippen LogP contribution in [0.4, 0.5) is 10.5 Å². The molecule has 0 bridgehead atoms. The topological polar surface area (TPSA) is 80.5 Å². The van der Waals surface area contributed by atoms with Gasteiger partial charge in [-0.1, -0.05) is 49.4 Å². The molecule has 0 aliphatic carbocycles. The normalized spacial score (nSPS) is 18.4. The summed E-state index contributed by atoms with van der Waals surface area (Å²) in [6, 6.07) is 15.8. The number of nitrogens with one attached hydrogen (secondary N) is 1. The van der Waals surface area contributed by atoms with E-state index < -0.39 is 0 Å². The number of hydrogen-bond donors (Lipinski definition) is 2. The van der Waals surface area contributed by atoms with Gasteiger partial charge in [0.05, 0.1) is 19.2 Å². The number of fused-ring (bicyclic) bond motifs is 1. The largest absolute Gasteiger partial charge is 0.392 e. The van der Waals surface area contributed by atoms with Gasteiger partial charge in [0.25, 0.3) is 0 Å². The van der Waals surface area contributed by atoms with E-state index in [1.54, 1.807) is 7.05 Å². The van der Waals surface area contributed by atoms with E-state index in [1.807, 2.05) is 41.3 Å². The highest BCUT2D eigenvalue weighted by Crippen LogP contribution is 2.25. The quantitative estimate of drug-likeness (QED) is 0.821. The smallest absolute Gasteiger partial charge is 0.353 e. The molecule has 0 fully saturated rings. The average Bonchev–Trinajstić information content (AvgIpc) is 3.16. The predicted octanol–water partition coefficient (Wildman–Crippen LogP) is 2.86. The third-order valence-electron chi connectivity index (χ3n) is 5.34. The Hall–Kier alpha value is -3.19. The number of carbonyl (C=O) groups excluding carboxylic acids is 1. The van der Waals surface area contributed by atoms with E-state index in [0.717, 1.165) is 29.7 Å². The maximum Gasteiger partial charge on any atom is 0.353 e. The predicted molar refractivity (Wildman–Crippen MR) is 114 cm³/mol. The fraction of sp³-hybridized carbons (Fsp3) is 0.318. The van der Waals surface area contributed by atoms with Crippen LogP contribution in [0.15, 0.2) is 58.5 Å². The molecule has 2 heterocycles. The number of benzene rings is 2. The molecule has 0 aromatic heterocycles. The van der Waals surface area contributed by atoms with Gasteiger partial charge in [-0.2, -0.15) is 4.99 Å². The molecule has 29 heavy (non-hydrogen) atoms. The van der Waals surface area contributed by atoms with E-state index in [0.29, 0.717) is 18.5 Å². The van der Waals surface area contributed by atoms with Gasteiger partial charge < -0.3 is 10.4 Å². The third-order valence-corrected chi connectivity index (χ3v) is 5.34. The lowest BCUT2D eigenvalue weighted by molar-refractivity contribution is 0.230. The molecule has 0 radical (unpaired) electrons. The van der Waals surface area contributed by atoms with E-state index in [9.17, 15) is 9.90 Å². The SMILES string of the molecule is CCc1ccc(CO)cc1NC1=NC(=O)N(C)C2=NCC(Cc3ccccc3)N12. The van der Waals surface area contributed by atoms with Crippen LogP contribution in [0.2, 0.25) is 0 Å². The van der Waals surface area contributed by atoms with Gasteiger partial charge in [0.15, 0.2) is 0 Å². The standard InChI is InChI=1S/C22H25N5O2/c1-3-17-10-9-16(14-28)12-19(17)24-20-25-22(29)26(2)21-23-13-18(27(20)21)11-15-7-5-4-6-8-15/h4-10,12,18,28H,3,11,13-14H2,1-2H3,(H,24,25,29). The van der Waals surface area contributed by atoms with E-state index in [4.69, 9.17) is 0 Å². The maximum absolute atomic E-state index is 12.4. The molecule has 0 spiro atoms. The molecule has 4 rings (SSSR count). The number of carbonyl (C=O) groups is 1. The lowest BCUT2D eigenvalue weighted by Crippen LogP contribution is -2.55.